The first-order valence-corrected chi connectivity index (χ1v) is 7.16. The molecule has 0 bridgehead atoms. The average molecular weight is 268 g/mol. The van der Waals surface area contributed by atoms with Gasteiger partial charge in [-0.25, -0.2) is 0 Å². The molecule has 3 rings (SSSR count). The Hall–Kier alpha value is -2.16. The maximum absolute atomic E-state index is 6.01. The number of fused-ring (bicyclic) bond motifs is 1. The molecule has 0 amide bonds. The molecule has 0 atom stereocenters. The van der Waals surface area contributed by atoms with Gasteiger partial charge >= 0.3 is 0 Å². The van der Waals surface area contributed by atoms with Crippen molar-refractivity contribution in [2.75, 3.05) is 23.8 Å². The summed E-state index contributed by atoms with van der Waals surface area (Å²) in [6, 6.07) is 14.5. The van der Waals surface area contributed by atoms with Gasteiger partial charge < -0.3 is 15.4 Å². The number of rotatable bonds is 4. The molecule has 2 N–H and O–H groups in total. The highest BCUT2D eigenvalue weighted by atomic mass is 16.5. The van der Waals surface area contributed by atoms with Gasteiger partial charge in [-0.3, -0.25) is 0 Å². The lowest BCUT2D eigenvalue weighted by Crippen LogP contribution is -2.13. The summed E-state index contributed by atoms with van der Waals surface area (Å²) in [5.41, 5.74) is 10.5. The third-order valence-electron chi connectivity index (χ3n) is 3.59. The zero-order valence-corrected chi connectivity index (χ0v) is 11.8. The second-order valence-corrected chi connectivity index (χ2v) is 5.14. The lowest BCUT2D eigenvalue weighted by molar-refractivity contribution is 0.317. The minimum atomic E-state index is 0.722. The van der Waals surface area contributed by atoms with Crippen molar-refractivity contribution in [3.05, 3.63) is 48.0 Å². The van der Waals surface area contributed by atoms with E-state index in [-0.39, 0.29) is 0 Å². The third-order valence-corrected chi connectivity index (χ3v) is 3.59. The molecule has 0 fully saturated rings. The van der Waals surface area contributed by atoms with Crippen molar-refractivity contribution in [2.24, 2.45) is 0 Å². The Morgan fingerprint density at radius 2 is 2.05 bits per heavy atom. The number of anilines is 3. The second kappa shape index (κ2) is 5.45. The van der Waals surface area contributed by atoms with Crippen LogP contribution in [0.1, 0.15) is 18.9 Å². The van der Waals surface area contributed by atoms with Gasteiger partial charge in [-0.05, 0) is 30.5 Å². The Morgan fingerprint density at radius 1 is 1.20 bits per heavy atom. The van der Waals surface area contributed by atoms with Gasteiger partial charge in [0.1, 0.15) is 5.75 Å². The van der Waals surface area contributed by atoms with Crippen molar-refractivity contribution in [2.45, 2.75) is 19.8 Å². The van der Waals surface area contributed by atoms with Crippen molar-refractivity contribution in [1.82, 2.24) is 0 Å². The van der Waals surface area contributed by atoms with Crippen molar-refractivity contribution in [3.8, 4) is 5.75 Å². The summed E-state index contributed by atoms with van der Waals surface area (Å²) in [5.74, 6) is 0.853. The number of nitrogens with zero attached hydrogens (tertiary/aromatic N) is 1. The van der Waals surface area contributed by atoms with Crippen molar-refractivity contribution in [1.29, 1.82) is 0 Å². The van der Waals surface area contributed by atoms with Crippen LogP contribution in [0.5, 0.6) is 5.75 Å². The van der Waals surface area contributed by atoms with Gasteiger partial charge in [-0.15, -0.1) is 0 Å². The minimum absolute atomic E-state index is 0.722. The van der Waals surface area contributed by atoms with Crippen LogP contribution in [0.15, 0.2) is 42.5 Å². The maximum Gasteiger partial charge on any atom is 0.123 e. The smallest absolute Gasteiger partial charge is 0.123 e. The van der Waals surface area contributed by atoms with Crippen molar-refractivity contribution >= 4 is 17.1 Å². The highest BCUT2D eigenvalue weighted by molar-refractivity contribution is 5.73. The first-order chi connectivity index (χ1) is 9.78. The number of nitrogens with two attached hydrogens (primary N) is 1. The summed E-state index contributed by atoms with van der Waals surface area (Å²) in [4.78, 5) is 2.31. The Morgan fingerprint density at radius 3 is 2.90 bits per heavy atom. The van der Waals surface area contributed by atoms with Crippen LogP contribution in [-0.4, -0.2) is 13.2 Å². The molecule has 0 radical (unpaired) electrons. The molecule has 0 unspecified atom stereocenters. The van der Waals surface area contributed by atoms with Gasteiger partial charge in [0.15, 0.2) is 0 Å². The fourth-order valence-corrected chi connectivity index (χ4v) is 2.67. The van der Waals surface area contributed by atoms with Gasteiger partial charge in [-0.1, -0.05) is 25.1 Å². The fourth-order valence-electron chi connectivity index (χ4n) is 2.67. The van der Waals surface area contributed by atoms with Crippen molar-refractivity contribution in [3.63, 3.8) is 0 Å². The lowest BCUT2D eigenvalue weighted by atomic mass is 10.2. The van der Waals surface area contributed by atoms with Gasteiger partial charge in [0.2, 0.25) is 0 Å². The summed E-state index contributed by atoms with van der Waals surface area (Å²) in [6.07, 6.45) is 2.08. The number of ether oxygens (including phenoxy) is 1. The number of nitrogen functional groups attached to an aromatic ring is 1. The molecule has 2 aromatic carbocycles. The first kappa shape index (κ1) is 12.9. The second-order valence-electron chi connectivity index (χ2n) is 5.14. The van der Waals surface area contributed by atoms with Crippen LogP contribution < -0.4 is 15.4 Å². The standard InChI is InChI=1S/C17H20N2O/c1-2-9-20-16-11-14(18)10-15(12-16)19-8-7-13-5-3-4-6-17(13)19/h3-6,10-12H,2,7-9,18H2,1H3. The lowest BCUT2D eigenvalue weighted by Gasteiger charge is -2.21. The van der Waals surface area contributed by atoms with E-state index in [0.29, 0.717) is 0 Å². The van der Waals surface area contributed by atoms with E-state index in [0.717, 1.165) is 43.1 Å². The van der Waals surface area contributed by atoms with E-state index in [1.54, 1.807) is 0 Å². The quantitative estimate of drug-likeness (QED) is 0.858. The zero-order valence-electron chi connectivity index (χ0n) is 11.8. The van der Waals surface area contributed by atoms with Crippen LogP contribution in [0.2, 0.25) is 0 Å². The third kappa shape index (κ3) is 2.44. The maximum atomic E-state index is 6.01. The molecule has 0 saturated heterocycles. The Bertz CT molecular complexity index is 610. The molecule has 0 aromatic heterocycles. The molecule has 20 heavy (non-hydrogen) atoms. The Balaban J connectivity index is 1.93. The van der Waals surface area contributed by atoms with E-state index in [9.17, 15) is 0 Å². The number of hydrogen-bond donors (Lipinski definition) is 1. The first-order valence-electron chi connectivity index (χ1n) is 7.16. The van der Waals surface area contributed by atoms with Gasteiger partial charge in [0.05, 0.1) is 6.61 Å². The molecule has 1 heterocycles. The topological polar surface area (TPSA) is 38.5 Å². The van der Waals surface area contributed by atoms with Crippen molar-refractivity contribution < 1.29 is 4.74 Å². The van der Waals surface area contributed by atoms with E-state index in [2.05, 4.69) is 42.2 Å². The SMILES string of the molecule is CCCOc1cc(N)cc(N2CCc3ccccc32)c1. The van der Waals surface area contributed by atoms with E-state index < -0.39 is 0 Å². The zero-order chi connectivity index (χ0) is 13.9. The molecule has 0 spiro atoms. The summed E-state index contributed by atoms with van der Waals surface area (Å²) < 4.78 is 5.72. The monoisotopic (exact) mass is 268 g/mol. The minimum Gasteiger partial charge on any atom is -0.493 e. The summed E-state index contributed by atoms with van der Waals surface area (Å²) in [5, 5.41) is 0. The molecule has 2 aromatic rings. The molecule has 104 valence electrons. The fraction of sp³-hybridized carbons (Fsp3) is 0.294. The van der Waals surface area contributed by atoms with Gasteiger partial charge in [0, 0.05) is 35.7 Å². The molecule has 3 heteroatoms. The molecular weight excluding hydrogens is 248 g/mol. The summed E-state index contributed by atoms with van der Waals surface area (Å²) in [7, 11) is 0. The Labute approximate surface area is 120 Å². The molecule has 1 aliphatic heterocycles. The van der Waals surface area contributed by atoms with Crippen LogP contribution in [0, 0.1) is 0 Å². The van der Waals surface area contributed by atoms with Crippen LogP contribution in [0.3, 0.4) is 0 Å². The molecule has 0 aliphatic carbocycles. The highest BCUT2D eigenvalue weighted by Gasteiger charge is 2.20. The van der Waals surface area contributed by atoms with Crippen LogP contribution >= 0.6 is 0 Å². The predicted octanol–water partition coefficient (Wildman–Crippen LogP) is 3.75. The average Bonchev–Trinajstić information content (AvgIpc) is 2.88. The van der Waals surface area contributed by atoms with Crippen LogP contribution in [0.4, 0.5) is 17.1 Å². The number of benzene rings is 2. The van der Waals surface area contributed by atoms with E-state index >= 15 is 0 Å². The van der Waals surface area contributed by atoms with E-state index in [4.69, 9.17) is 10.5 Å². The van der Waals surface area contributed by atoms with E-state index in [1.807, 2.05) is 12.1 Å². The summed E-state index contributed by atoms with van der Waals surface area (Å²) >= 11 is 0. The van der Waals surface area contributed by atoms with Gasteiger partial charge in [0.25, 0.3) is 0 Å². The highest BCUT2D eigenvalue weighted by Crippen LogP contribution is 2.36. The van der Waals surface area contributed by atoms with Crippen LogP contribution in [0.25, 0.3) is 0 Å². The predicted molar refractivity (Wildman–Crippen MR) is 83.8 cm³/mol. The number of hydrogen-bond acceptors (Lipinski definition) is 3. The molecule has 3 nitrogen and oxygen atoms in total. The van der Waals surface area contributed by atoms with Gasteiger partial charge in [-0.2, -0.15) is 0 Å². The number of para-hydroxylation sites is 1. The normalized spacial score (nSPS) is 13.3. The molecule has 1 aliphatic rings. The van der Waals surface area contributed by atoms with E-state index in [1.165, 1.54) is 11.3 Å². The molecular formula is C17H20N2O. The Kier molecular flexibility index (Phi) is 3.50. The summed E-state index contributed by atoms with van der Waals surface area (Å²) in [6.45, 7) is 3.82. The largest absolute Gasteiger partial charge is 0.493 e. The van der Waals surface area contributed by atoms with Crippen LogP contribution in [-0.2, 0) is 6.42 Å². The molecule has 0 saturated carbocycles.